The van der Waals surface area contributed by atoms with Crippen LogP contribution in [0.1, 0.15) is 0 Å². The van der Waals surface area contributed by atoms with Crippen LogP contribution < -0.4 is 0 Å². The van der Waals surface area contributed by atoms with Crippen molar-refractivity contribution in [2.75, 3.05) is 0 Å². The van der Waals surface area contributed by atoms with Crippen molar-refractivity contribution in [2.45, 2.75) is 5.16 Å². The summed E-state index contributed by atoms with van der Waals surface area (Å²) in [5, 5.41) is 0.455. The molecule has 0 fully saturated rings. The van der Waals surface area contributed by atoms with E-state index in [1.807, 2.05) is 0 Å². The Labute approximate surface area is 67.6 Å². The lowest BCUT2D eigenvalue weighted by atomic mass is 10.6. The molecule has 0 atom stereocenters. The lowest BCUT2D eigenvalue weighted by molar-refractivity contribution is 0.824. The summed E-state index contributed by atoms with van der Waals surface area (Å²) in [4.78, 5) is 14.6. The number of nitrogens with zero attached hydrogens (tertiary/aromatic N) is 3. The number of fused-ring (bicyclic) bond motifs is 1. The van der Waals surface area contributed by atoms with Crippen LogP contribution in [-0.2, 0) is 0 Å². The van der Waals surface area contributed by atoms with Gasteiger partial charge in [-0.15, -0.1) is 12.6 Å². The molecular weight excluding hydrogens is 164 g/mol. The fraction of sp³-hybridized carbons (Fsp3) is 0. The molecule has 5 nitrogen and oxygen atoms in total. The maximum absolute atomic E-state index is 3.97. The number of nitrogens with one attached hydrogen (secondary N) is 1. The summed E-state index contributed by atoms with van der Waals surface area (Å²) in [7, 11) is 0. The minimum absolute atomic E-state index is 0. The van der Waals surface area contributed by atoms with E-state index in [0.717, 1.165) is 11.2 Å². The van der Waals surface area contributed by atoms with Crippen molar-refractivity contribution < 1.29 is 5.48 Å². The molecule has 3 N–H and O–H groups in total. The molecule has 0 aromatic carbocycles. The van der Waals surface area contributed by atoms with Gasteiger partial charge in [-0.1, -0.05) is 0 Å². The Hall–Kier alpha value is -1.14. The van der Waals surface area contributed by atoms with Crippen LogP contribution in [0, 0.1) is 0 Å². The Morgan fingerprint density at radius 3 is 3.00 bits per heavy atom. The highest BCUT2D eigenvalue weighted by Crippen LogP contribution is 2.05. The Balaban J connectivity index is 0.000000605. The van der Waals surface area contributed by atoms with Crippen molar-refractivity contribution in [1.82, 2.24) is 19.9 Å². The van der Waals surface area contributed by atoms with Crippen LogP contribution in [0.2, 0.25) is 0 Å². The molecule has 0 aliphatic rings. The number of aromatic nitrogens is 4. The van der Waals surface area contributed by atoms with Crippen LogP contribution >= 0.6 is 12.6 Å². The maximum atomic E-state index is 3.97. The molecule has 6 heteroatoms. The molecule has 0 saturated heterocycles. The average Bonchev–Trinajstić information content (AvgIpc) is 2.33. The first-order valence-corrected chi connectivity index (χ1v) is 3.16. The third kappa shape index (κ3) is 1.31. The van der Waals surface area contributed by atoms with E-state index in [9.17, 15) is 0 Å². The van der Waals surface area contributed by atoms with Crippen molar-refractivity contribution >= 4 is 23.8 Å². The largest absolute Gasteiger partial charge is 0.412 e. The number of rotatable bonds is 0. The smallest absolute Gasteiger partial charge is 0.186 e. The van der Waals surface area contributed by atoms with Gasteiger partial charge in [0.2, 0.25) is 0 Å². The molecular formula is C5H6N4OS. The minimum atomic E-state index is 0. The highest BCUT2D eigenvalue weighted by Gasteiger charge is 1.95. The highest BCUT2D eigenvalue weighted by atomic mass is 32.1. The Morgan fingerprint density at radius 1 is 1.36 bits per heavy atom. The van der Waals surface area contributed by atoms with Gasteiger partial charge in [0.05, 0.1) is 12.5 Å². The van der Waals surface area contributed by atoms with Gasteiger partial charge < -0.3 is 10.5 Å². The van der Waals surface area contributed by atoms with E-state index in [1.165, 1.54) is 0 Å². The molecule has 0 unspecified atom stereocenters. The maximum Gasteiger partial charge on any atom is 0.186 e. The molecule has 0 spiro atoms. The number of hydrogen-bond acceptors (Lipinski definition) is 4. The zero-order valence-electron chi connectivity index (χ0n) is 5.44. The molecule has 2 rings (SSSR count). The lowest BCUT2D eigenvalue weighted by Gasteiger charge is -1.86. The first kappa shape index (κ1) is 7.96. The zero-order valence-corrected chi connectivity index (χ0v) is 6.34. The van der Waals surface area contributed by atoms with E-state index >= 15 is 0 Å². The number of hydrogen-bond donors (Lipinski definition) is 2. The standard InChI is InChI=1S/C5H4N4S.H2O/c10-5-6-1-3-4(9-5)8-2-7-3;/h1-2H,(H2,6,7,8,9,10);1H2. The summed E-state index contributed by atoms with van der Waals surface area (Å²) in [6.07, 6.45) is 3.20. The van der Waals surface area contributed by atoms with Gasteiger partial charge in [0.25, 0.3) is 0 Å². The summed E-state index contributed by atoms with van der Waals surface area (Å²) in [5.74, 6) is 0. The number of imidazole rings is 1. The second kappa shape index (κ2) is 2.85. The topological polar surface area (TPSA) is 86.0 Å². The normalized spacial score (nSPS) is 9.55. The van der Waals surface area contributed by atoms with Gasteiger partial charge in [0, 0.05) is 0 Å². The van der Waals surface area contributed by atoms with Gasteiger partial charge in [-0.05, 0) is 0 Å². The predicted molar refractivity (Wildman–Crippen MR) is 42.5 cm³/mol. The van der Waals surface area contributed by atoms with Gasteiger partial charge in [-0.25, -0.2) is 15.0 Å². The minimum Gasteiger partial charge on any atom is -0.412 e. The Kier molecular flexibility index (Phi) is 2.06. The summed E-state index contributed by atoms with van der Waals surface area (Å²) < 4.78 is 0. The van der Waals surface area contributed by atoms with E-state index in [2.05, 4.69) is 32.6 Å². The summed E-state index contributed by atoms with van der Waals surface area (Å²) in [6.45, 7) is 0. The van der Waals surface area contributed by atoms with E-state index in [4.69, 9.17) is 0 Å². The lowest BCUT2D eigenvalue weighted by Crippen LogP contribution is -1.82. The summed E-state index contributed by atoms with van der Waals surface area (Å²) in [5.41, 5.74) is 1.48. The number of aromatic amines is 1. The van der Waals surface area contributed by atoms with Crippen molar-refractivity contribution in [3.05, 3.63) is 12.5 Å². The van der Waals surface area contributed by atoms with Gasteiger partial charge in [-0.2, -0.15) is 0 Å². The molecule has 2 aromatic rings. The second-order valence-electron chi connectivity index (χ2n) is 1.81. The molecule has 0 aliphatic carbocycles. The molecule has 0 radical (unpaired) electrons. The predicted octanol–water partition coefficient (Wildman–Crippen LogP) is -0.183. The van der Waals surface area contributed by atoms with E-state index < -0.39 is 0 Å². The average molecular weight is 170 g/mol. The van der Waals surface area contributed by atoms with Crippen LogP contribution in [0.15, 0.2) is 17.7 Å². The van der Waals surface area contributed by atoms with Crippen LogP contribution in [0.3, 0.4) is 0 Å². The fourth-order valence-corrected chi connectivity index (χ4v) is 0.888. The molecule has 2 aromatic heterocycles. The first-order valence-electron chi connectivity index (χ1n) is 2.71. The summed E-state index contributed by atoms with van der Waals surface area (Å²) in [6, 6.07) is 0. The van der Waals surface area contributed by atoms with Crippen molar-refractivity contribution in [2.24, 2.45) is 0 Å². The molecule has 11 heavy (non-hydrogen) atoms. The molecule has 0 bridgehead atoms. The van der Waals surface area contributed by atoms with Crippen LogP contribution in [0.4, 0.5) is 0 Å². The highest BCUT2D eigenvalue weighted by molar-refractivity contribution is 7.80. The summed E-state index contributed by atoms with van der Waals surface area (Å²) >= 11 is 3.97. The van der Waals surface area contributed by atoms with Gasteiger partial charge in [0.1, 0.15) is 5.52 Å². The van der Waals surface area contributed by atoms with E-state index in [0.29, 0.717) is 5.16 Å². The third-order valence-corrected chi connectivity index (χ3v) is 1.38. The van der Waals surface area contributed by atoms with Crippen molar-refractivity contribution in [3.8, 4) is 0 Å². The Bertz CT molecular complexity index is 360. The molecule has 0 saturated carbocycles. The molecule has 58 valence electrons. The van der Waals surface area contributed by atoms with Gasteiger partial charge in [0.15, 0.2) is 10.8 Å². The van der Waals surface area contributed by atoms with Crippen LogP contribution in [0.5, 0.6) is 0 Å². The quantitative estimate of drug-likeness (QED) is 0.424. The molecule has 0 amide bonds. The van der Waals surface area contributed by atoms with E-state index in [-0.39, 0.29) is 5.48 Å². The van der Waals surface area contributed by atoms with Gasteiger partial charge >= 0.3 is 0 Å². The number of H-pyrrole nitrogens is 1. The van der Waals surface area contributed by atoms with Gasteiger partial charge in [-0.3, -0.25) is 0 Å². The Morgan fingerprint density at radius 2 is 2.18 bits per heavy atom. The molecule has 0 aliphatic heterocycles. The third-order valence-electron chi connectivity index (χ3n) is 1.16. The number of thiol groups is 1. The monoisotopic (exact) mass is 170 g/mol. The second-order valence-corrected chi connectivity index (χ2v) is 2.21. The van der Waals surface area contributed by atoms with Crippen LogP contribution in [-0.4, -0.2) is 25.4 Å². The van der Waals surface area contributed by atoms with Crippen LogP contribution in [0.25, 0.3) is 11.2 Å². The fourth-order valence-electron chi connectivity index (χ4n) is 0.730. The van der Waals surface area contributed by atoms with Crippen molar-refractivity contribution in [3.63, 3.8) is 0 Å². The molecule has 2 heterocycles. The SMILES string of the molecule is O.Sc1ncc2nc[nH]c2n1. The van der Waals surface area contributed by atoms with Crippen molar-refractivity contribution in [1.29, 1.82) is 0 Å². The van der Waals surface area contributed by atoms with E-state index in [1.54, 1.807) is 12.5 Å². The first-order chi connectivity index (χ1) is 4.86. The zero-order chi connectivity index (χ0) is 6.97.